The number of anilines is 1. The summed E-state index contributed by atoms with van der Waals surface area (Å²) in [5.74, 6) is 0.841. The second-order valence-corrected chi connectivity index (χ2v) is 11.6. The van der Waals surface area contributed by atoms with Gasteiger partial charge >= 0.3 is 0 Å². The molecule has 0 bridgehead atoms. The standard InChI is InChI=1S/C26H24BrClN4O2S/c27-23-18-29-32-25(23)16-20(22-8-4-5-9-24(22)28)17-26(32)30-21-10-13-31(14-11-21)35(33,34)15-12-19-6-2-1-3-7-19/h1-9,12,15-18,21,30H,10-11,13-14H2. The first-order chi connectivity index (χ1) is 16.9. The maximum Gasteiger partial charge on any atom is 0.236 e. The number of pyridine rings is 1. The molecule has 35 heavy (non-hydrogen) atoms. The molecule has 4 aromatic rings. The van der Waals surface area contributed by atoms with Crippen molar-refractivity contribution in [2.24, 2.45) is 0 Å². The second-order valence-electron chi connectivity index (χ2n) is 8.47. The zero-order valence-electron chi connectivity index (χ0n) is 18.8. The summed E-state index contributed by atoms with van der Waals surface area (Å²) in [5.41, 5.74) is 3.72. The Kier molecular flexibility index (Phi) is 6.98. The van der Waals surface area contributed by atoms with E-state index in [2.05, 4.69) is 32.4 Å². The molecular weight excluding hydrogens is 548 g/mol. The van der Waals surface area contributed by atoms with Crippen molar-refractivity contribution in [2.75, 3.05) is 18.4 Å². The van der Waals surface area contributed by atoms with Crippen LogP contribution in [0.1, 0.15) is 18.4 Å². The molecule has 0 radical (unpaired) electrons. The minimum Gasteiger partial charge on any atom is -0.367 e. The van der Waals surface area contributed by atoms with E-state index in [-0.39, 0.29) is 6.04 Å². The van der Waals surface area contributed by atoms with Crippen LogP contribution in [-0.2, 0) is 10.0 Å². The highest BCUT2D eigenvalue weighted by atomic mass is 79.9. The molecule has 0 spiro atoms. The zero-order chi connectivity index (χ0) is 24.4. The van der Waals surface area contributed by atoms with Crippen LogP contribution in [0.4, 0.5) is 5.82 Å². The molecule has 180 valence electrons. The quantitative estimate of drug-likeness (QED) is 0.295. The van der Waals surface area contributed by atoms with Crippen LogP contribution in [0.5, 0.6) is 0 Å². The fourth-order valence-corrected chi connectivity index (χ4v) is 6.13. The number of hydrogen-bond donors (Lipinski definition) is 1. The first-order valence-electron chi connectivity index (χ1n) is 11.3. The predicted octanol–water partition coefficient (Wildman–Crippen LogP) is 6.29. The Morgan fingerprint density at radius 1 is 1.03 bits per heavy atom. The number of fused-ring (bicyclic) bond motifs is 1. The van der Waals surface area contributed by atoms with Gasteiger partial charge in [-0.25, -0.2) is 12.9 Å². The highest BCUT2D eigenvalue weighted by Gasteiger charge is 2.27. The average molecular weight is 572 g/mol. The molecule has 0 atom stereocenters. The number of benzene rings is 2. The van der Waals surface area contributed by atoms with Crippen molar-refractivity contribution >= 4 is 55.0 Å². The van der Waals surface area contributed by atoms with Crippen LogP contribution in [0.3, 0.4) is 0 Å². The van der Waals surface area contributed by atoms with Crippen LogP contribution in [0, 0.1) is 0 Å². The van der Waals surface area contributed by atoms with Gasteiger partial charge < -0.3 is 5.32 Å². The van der Waals surface area contributed by atoms with Crippen molar-refractivity contribution in [3.05, 3.63) is 93.4 Å². The first-order valence-corrected chi connectivity index (χ1v) is 14.0. The van der Waals surface area contributed by atoms with Crippen LogP contribution < -0.4 is 5.32 Å². The lowest BCUT2D eigenvalue weighted by molar-refractivity contribution is 0.332. The van der Waals surface area contributed by atoms with Gasteiger partial charge in [0.05, 0.1) is 16.2 Å². The Labute approximate surface area is 218 Å². The van der Waals surface area contributed by atoms with E-state index in [9.17, 15) is 8.42 Å². The van der Waals surface area contributed by atoms with E-state index in [4.69, 9.17) is 11.6 Å². The molecule has 5 rings (SSSR count). The van der Waals surface area contributed by atoms with E-state index in [1.165, 1.54) is 5.41 Å². The predicted molar refractivity (Wildman–Crippen MR) is 146 cm³/mol. The largest absolute Gasteiger partial charge is 0.367 e. The molecule has 1 saturated heterocycles. The van der Waals surface area contributed by atoms with Gasteiger partial charge in [-0.2, -0.15) is 9.40 Å². The van der Waals surface area contributed by atoms with Gasteiger partial charge in [0, 0.05) is 35.1 Å². The summed E-state index contributed by atoms with van der Waals surface area (Å²) in [5, 5.41) is 10.1. The van der Waals surface area contributed by atoms with E-state index in [1.54, 1.807) is 16.6 Å². The molecular formula is C26H24BrClN4O2S. The monoisotopic (exact) mass is 570 g/mol. The van der Waals surface area contributed by atoms with Gasteiger partial charge in [0.1, 0.15) is 5.82 Å². The van der Waals surface area contributed by atoms with Crippen molar-refractivity contribution in [3.8, 4) is 11.1 Å². The molecule has 3 heterocycles. The number of halogens is 2. The minimum atomic E-state index is -3.47. The second kappa shape index (κ2) is 10.1. The SMILES string of the molecule is O=S(=O)(C=Cc1ccccc1)N1CCC(Nc2cc(-c3ccccc3Cl)cc3c(Br)cnn23)CC1. The number of aromatic nitrogens is 2. The normalized spacial score (nSPS) is 15.7. The third-order valence-corrected chi connectivity index (χ3v) is 8.66. The Morgan fingerprint density at radius 2 is 1.74 bits per heavy atom. The van der Waals surface area contributed by atoms with Gasteiger partial charge in [0.2, 0.25) is 10.0 Å². The summed E-state index contributed by atoms with van der Waals surface area (Å²) < 4.78 is 29.9. The van der Waals surface area contributed by atoms with Crippen LogP contribution >= 0.6 is 27.5 Å². The Hall–Kier alpha value is -2.65. The fraction of sp³-hybridized carbons (Fsp3) is 0.192. The lowest BCUT2D eigenvalue weighted by atomic mass is 10.0. The Morgan fingerprint density at radius 3 is 2.49 bits per heavy atom. The summed E-state index contributed by atoms with van der Waals surface area (Å²) in [6, 6.07) is 21.4. The highest BCUT2D eigenvalue weighted by Crippen LogP contribution is 2.33. The number of hydrogen-bond acceptors (Lipinski definition) is 4. The molecule has 1 aliphatic rings. The third kappa shape index (κ3) is 5.30. The van der Waals surface area contributed by atoms with Gasteiger partial charge in [-0.05, 0) is 64.2 Å². The van der Waals surface area contributed by atoms with Crippen molar-refractivity contribution in [1.82, 2.24) is 13.9 Å². The van der Waals surface area contributed by atoms with E-state index < -0.39 is 10.0 Å². The lowest BCUT2D eigenvalue weighted by Crippen LogP contribution is -2.41. The minimum absolute atomic E-state index is 0.118. The van der Waals surface area contributed by atoms with Gasteiger partial charge in [0.15, 0.2) is 0 Å². The molecule has 0 unspecified atom stereocenters. The molecule has 0 saturated carbocycles. The topological polar surface area (TPSA) is 66.7 Å². The zero-order valence-corrected chi connectivity index (χ0v) is 22.0. The van der Waals surface area contributed by atoms with Crippen LogP contribution in [-0.4, -0.2) is 41.5 Å². The Balaban J connectivity index is 1.33. The number of rotatable bonds is 6. The average Bonchev–Trinajstić information content (AvgIpc) is 3.25. The maximum absolute atomic E-state index is 12.8. The molecule has 2 aromatic heterocycles. The number of nitrogens with one attached hydrogen (secondary N) is 1. The Bertz CT molecular complexity index is 1480. The van der Waals surface area contributed by atoms with E-state index in [0.29, 0.717) is 31.0 Å². The fourth-order valence-electron chi connectivity index (χ4n) is 4.29. The molecule has 6 nitrogen and oxygen atoms in total. The number of piperidine rings is 1. The number of sulfonamides is 1. The van der Waals surface area contributed by atoms with E-state index in [1.807, 2.05) is 65.2 Å². The summed E-state index contributed by atoms with van der Waals surface area (Å²) in [6.07, 6.45) is 4.80. The third-order valence-electron chi connectivity index (χ3n) is 6.15. The van der Waals surface area contributed by atoms with E-state index >= 15 is 0 Å². The van der Waals surface area contributed by atoms with Gasteiger partial charge in [-0.3, -0.25) is 0 Å². The summed E-state index contributed by atoms with van der Waals surface area (Å²) in [6.45, 7) is 0.907. The molecule has 0 aliphatic carbocycles. The van der Waals surface area contributed by atoms with Crippen molar-refractivity contribution in [2.45, 2.75) is 18.9 Å². The maximum atomic E-state index is 12.8. The van der Waals surface area contributed by atoms with Crippen molar-refractivity contribution < 1.29 is 8.42 Å². The van der Waals surface area contributed by atoms with Gasteiger partial charge in [-0.15, -0.1) is 0 Å². The van der Waals surface area contributed by atoms with Gasteiger partial charge in [-0.1, -0.05) is 60.1 Å². The van der Waals surface area contributed by atoms with Crippen molar-refractivity contribution in [3.63, 3.8) is 0 Å². The summed E-state index contributed by atoms with van der Waals surface area (Å²) >= 11 is 10.1. The van der Waals surface area contributed by atoms with Gasteiger partial charge in [0.25, 0.3) is 0 Å². The molecule has 2 aromatic carbocycles. The molecule has 9 heteroatoms. The highest BCUT2D eigenvalue weighted by molar-refractivity contribution is 9.10. The summed E-state index contributed by atoms with van der Waals surface area (Å²) in [4.78, 5) is 0. The number of nitrogens with zero attached hydrogens (tertiary/aromatic N) is 3. The van der Waals surface area contributed by atoms with E-state index in [0.717, 1.165) is 32.5 Å². The lowest BCUT2D eigenvalue weighted by Gasteiger charge is -2.31. The smallest absolute Gasteiger partial charge is 0.236 e. The molecule has 1 fully saturated rings. The summed E-state index contributed by atoms with van der Waals surface area (Å²) in [7, 11) is -3.47. The van der Waals surface area contributed by atoms with Crippen LogP contribution in [0.15, 0.2) is 82.8 Å². The van der Waals surface area contributed by atoms with Crippen LogP contribution in [0.2, 0.25) is 5.02 Å². The molecule has 1 aliphatic heterocycles. The first kappa shape index (κ1) is 24.1. The van der Waals surface area contributed by atoms with Crippen LogP contribution in [0.25, 0.3) is 22.7 Å². The molecule has 1 N–H and O–H groups in total. The van der Waals surface area contributed by atoms with Crippen molar-refractivity contribution in [1.29, 1.82) is 0 Å². The molecule has 0 amide bonds.